The molecule has 0 saturated carbocycles. The third-order valence-corrected chi connectivity index (χ3v) is 4.19. The minimum absolute atomic E-state index is 0.0498. The van der Waals surface area contributed by atoms with Crippen LogP contribution in [0.3, 0.4) is 0 Å². The number of amides is 2. The van der Waals surface area contributed by atoms with Crippen molar-refractivity contribution in [1.82, 2.24) is 9.80 Å². The Morgan fingerprint density at radius 1 is 0.964 bits per heavy atom. The number of nitrogens with zero attached hydrogens (tertiary/aromatic N) is 2. The third-order valence-electron chi connectivity index (χ3n) is 4.19. The quantitative estimate of drug-likeness (QED) is 0.518. The summed E-state index contributed by atoms with van der Waals surface area (Å²) in [7, 11) is 1.35. The molecule has 0 aromatic carbocycles. The summed E-state index contributed by atoms with van der Waals surface area (Å²) in [5.41, 5.74) is -1.14. The molecule has 28 heavy (non-hydrogen) atoms. The van der Waals surface area contributed by atoms with Crippen LogP contribution < -0.4 is 0 Å². The Labute approximate surface area is 168 Å². The molecule has 162 valence electrons. The second kappa shape index (κ2) is 9.98. The van der Waals surface area contributed by atoms with Gasteiger partial charge in [-0.2, -0.15) is 0 Å². The molecular weight excluding hydrogens is 364 g/mol. The lowest BCUT2D eigenvalue weighted by Crippen LogP contribution is -2.51. The number of piperidine rings is 1. The van der Waals surface area contributed by atoms with E-state index in [9.17, 15) is 14.4 Å². The summed E-state index contributed by atoms with van der Waals surface area (Å²) in [6.07, 6.45) is 1.28. The third kappa shape index (κ3) is 8.80. The van der Waals surface area contributed by atoms with Crippen LogP contribution >= 0.6 is 0 Å². The lowest BCUT2D eigenvalue weighted by molar-refractivity contribution is -0.140. The fourth-order valence-electron chi connectivity index (χ4n) is 2.93. The number of hydrogen-bond donors (Lipinski definition) is 0. The Bertz CT molecular complexity index is 542. The molecule has 8 heteroatoms. The number of methoxy groups -OCH3 is 1. The zero-order chi connectivity index (χ0) is 21.5. The smallest absolute Gasteiger partial charge is 0.410 e. The fourth-order valence-corrected chi connectivity index (χ4v) is 2.93. The van der Waals surface area contributed by atoms with Crippen molar-refractivity contribution in [3.05, 3.63) is 0 Å². The molecule has 1 aliphatic rings. The van der Waals surface area contributed by atoms with E-state index in [2.05, 4.69) is 4.74 Å². The van der Waals surface area contributed by atoms with Crippen molar-refractivity contribution >= 4 is 18.2 Å². The number of likely N-dealkylation sites (tertiary alicyclic amines) is 1. The van der Waals surface area contributed by atoms with Gasteiger partial charge in [0.05, 0.1) is 7.11 Å². The largest absolute Gasteiger partial charge is 0.469 e. The Morgan fingerprint density at radius 3 is 1.96 bits per heavy atom. The first-order valence-electron chi connectivity index (χ1n) is 9.87. The molecule has 1 saturated heterocycles. The highest BCUT2D eigenvalue weighted by molar-refractivity contribution is 5.70. The minimum atomic E-state index is -0.602. The van der Waals surface area contributed by atoms with Crippen LogP contribution in [0.2, 0.25) is 0 Å². The Kier molecular flexibility index (Phi) is 8.57. The summed E-state index contributed by atoms with van der Waals surface area (Å²) < 4.78 is 15.6. The average molecular weight is 401 g/mol. The predicted molar refractivity (Wildman–Crippen MR) is 105 cm³/mol. The van der Waals surface area contributed by atoms with Crippen LogP contribution in [0, 0.1) is 0 Å². The van der Waals surface area contributed by atoms with Gasteiger partial charge in [0.15, 0.2) is 0 Å². The lowest BCUT2D eigenvalue weighted by atomic mass is 10.0. The average Bonchev–Trinajstić information content (AvgIpc) is 2.55. The minimum Gasteiger partial charge on any atom is -0.469 e. The van der Waals surface area contributed by atoms with Crippen molar-refractivity contribution in [2.75, 3.05) is 26.7 Å². The maximum atomic E-state index is 12.7. The van der Waals surface area contributed by atoms with Crippen LogP contribution in [-0.4, -0.2) is 71.9 Å². The molecule has 0 spiro atoms. The highest BCUT2D eigenvalue weighted by Gasteiger charge is 2.33. The van der Waals surface area contributed by atoms with E-state index in [-0.39, 0.29) is 24.5 Å². The van der Waals surface area contributed by atoms with Gasteiger partial charge in [-0.1, -0.05) is 0 Å². The van der Waals surface area contributed by atoms with Crippen LogP contribution in [0.4, 0.5) is 9.59 Å². The molecule has 0 aromatic rings. The highest BCUT2D eigenvalue weighted by Crippen LogP contribution is 2.22. The van der Waals surface area contributed by atoms with Gasteiger partial charge in [0.1, 0.15) is 11.2 Å². The van der Waals surface area contributed by atoms with Crippen LogP contribution in [0.1, 0.15) is 67.2 Å². The second-order valence-corrected chi connectivity index (χ2v) is 9.05. The van der Waals surface area contributed by atoms with Gasteiger partial charge in [-0.15, -0.1) is 0 Å². The number of carbonyl (C=O) groups is 3. The molecule has 8 nitrogen and oxygen atoms in total. The van der Waals surface area contributed by atoms with Gasteiger partial charge in [-0.3, -0.25) is 4.79 Å². The van der Waals surface area contributed by atoms with Crippen molar-refractivity contribution < 1.29 is 28.6 Å². The molecule has 0 radical (unpaired) electrons. The normalized spacial score (nSPS) is 15.8. The Hall–Kier alpha value is -1.99. The molecule has 0 atom stereocenters. The van der Waals surface area contributed by atoms with Gasteiger partial charge in [-0.25, -0.2) is 9.59 Å². The van der Waals surface area contributed by atoms with E-state index in [0.717, 1.165) is 0 Å². The Balaban J connectivity index is 2.70. The maximum absolute atomic E-state index is 12.7. The van der Waals surface area contributed by atoms with Crippen molar-refractivity contribution in [3.63, 3.8) is 0 Å². The number of esters is 1. The molecule has 0 bridgehead atoms. The summed E-state index contributed by atoms with van der Waals surface area (Å²) in [6, 6.07) is -0.0498. The van der Waals surface area contributed by atoms with E-state index in [4.69, 9.17) is 9.47 Å². The second-order valence-electron chi connectivity index (χ2n) is 9.05. The van der Waals surface area contributed by atoms with E-state index < -0.39 is 17.3 Å². The van der Waals surface area contributed by atoms with E-state index in [1.165, 1.54) is 7.11 Å². The fraction of sp³-hybridized carbons (Fsp3) is 0.850. The van der Waals surface area contributed by atoms with Crippen molar-refractivity contribution in [2.24, 2.45) is 0 Å². The van der Waals surface area contributed by atoms with Crippen LogP contribution in [0.5, 0.6) is 0 Å². The van der Waals surface area contributed by atoms with Gasteiger partial charge in [-0.05, 0) is 60.8 Å². The van der Waals surface area contributed by atoms with Gasteiger partial charge < -0.3 is 24.0 Å². The summed E-state index contributed by atoms with van der Waals surface area (Å²) >= 11 is 0. The van der Waals surface area contributed by atoms with Crippen LogP contribution in [-0.2, 0) is 19.0 Å². The predicted octanol–water partition coefficient (Wildman–Crippen LogP) is 3.58. The van der Waals surface area contributed by atoms with Gasteiger partial charge in [0.25, 0.3) is 0 Å². The van der Waals surface area contributed by atoms with E-state index in [1.54, 1.807) is 9.80 Å². The SMILES string of the molecule is COC(=O)CCCN(C(=O)OC(C)(C)C)C1CCN(C(=O)OC(C)(C)C)CC1. The molecule has 1 rings (SSSR count). The van der Waals surface area contributed by atoms with E-state index in [0.29, 0.717) is 38.9 Å². The van der Waals surface area contributed by atoms with Crippen molar-refractivity contribution in [1.29, 1.82) is 0 Å². The van der Waals surface area contributed by atoms with Gasteiger partial charge in [0.2, 0.25) is 0 Å². The van der Waals surface area contributed by atoms with E-state index >= 15 is 0 Å². The van der Waals surface area contributed by atoms with Gasteiger partial charge >= 0.3 is 18.2 Å². The molecule has 0 aromatic heterocycles. The molecule has 1 fully saturated rings. The van der Waals surface area contributed by atoms with E-state index in [1.807, 2.05) is 41.5 Å². The van der Waals surface area contributed by atoms with Gasteiger partial charge in [0, 0.05) is 32.1 Å². The summed E-state index contributed by atoms with van der Waals surface area (Å²) in [5.74, 6) is -0.302. The first kappa shape index (κ1) is 24.0. The molecular formula is C20H36N2O6. The lowest BCUT2D eigenvalue weighted by Gasteiger charge is -2.39. The van der Waals surface area contributed by atoms with Crippen molar-refractivity contribution in [3.8, 4) is 0 Å². The number of rotatable bonds is 5. The molecule has 0 aliphatic carbocycles. The standard InChI is InChI=1S/C20H36N2O6/c1-19(2,3)27-17(24)21-13-10-15(11-14-21)22(12-8-9-16(23)26-7)18(25)28-20(4,5)6/h15H,8-14H2,1-7H3. The first-order valence-corrected chi connectivity index (χ1v) is 9.87. The summed E-state index contributed by atoms with van der Waals surface area (Å²) in [5, 5.41) is 0. The number of ether oxygens (including phenoxy) is 3. The van der Waals surface area contributed by atoms with Crippen LogP contribution in [0.25, 0.3) is 0 Å². The van der Waals surface area contributed by atoms with Crippen LogP contribution in [0.15, 0.2) is 0 Å². The molecule has 0 unspecified atom stereocenters. The molecule has 1 heterocycles. The molecule has 1 aliphatic heterocycles. The topological polar surface area (TPSA) is 85.4 Å². The molecule has 2 amide bonds. The maximum Gasteiger partial charge on any atom is 0.410 e. The van der Waals surface area contributed by atoms with Crippen molar-refractivity contribution in [2.45, 2.75) is 84.5 Å². The zero-order valence-corrected chi connectivity index (χ0v) is 18.4. The number of carbonyl (C=O) groups excluding carboxylic acids is 3. The zero-order valence-electron chi connectivity index (χ0n) is 18.4. The Morgan fingerprint density at radius 2 is 1.50 bits per heavy atom. The summed E-state index contributed by atoms with van der Waals surface area (Å²) in [4.78, 5) is 39.7. The highest BCUT2D eigenvalue weighted by atomic mass is 16.6. The first-order chi connectivity index (χ1) is 12.8. The summed E-state index contributed by atoms with van der Waals surface area (Å²) in [6.45, 7) is 12.4. The monoisotopic (exact) mass is 400 g/mol. The molecule has 0 N–H and O–H groups in total. The number of hydrogen-bond acceptors (Lipinski definition) is 6.